The maximum Gasteiger partial charge on any atom is 0.243 e. The summed E-state index contributed by atoms with van der Waals surface area (Å²) in [5.41, 5.74) is 0. The van der Waals surface area contributed by atoms with Crippen LogP contribution < -0.4 is 5.32 Å². The van der Waals surface area contributed by atoms with Crippen molar-refractivity contribution in [2.75, 3.05) is 13.2 Å². The minimum absolute atomic E-state index is 0.0222. The van der Waals surface area contributed by atoms with Gasteiger partial charge >= 0.3 is 0 Å². The number of nitrogens with one attached hydrogen (secondary N) is 1. The van der Waals surface area contributed by atoms with Crippen molar-refractivity contribution in [2.24, 2.45) is 0 Å². The van der Waals surface area contributed by atoms with E-state index < -0.39 is 0 Å². The number of piperidine rings is 1. The number of hydrogen-bond acceptors (Lipinski definition) is 3. The molecule has 1 N–H and O–H groups in total. The zero-order valence-corrected chi connectivity index (χ0v) is 14.7. The maximum atomic E-state index is 12.6. The Morgan fingerprint density at radius 2 is 2.09 bits per heavy atom. The number of ether oxygens (including phenoxy) is 1. The Morgan fingerprint density at radius 1 is 1.26 bits per heavy atom. The predicted molar refractivity (Wildman–Crippen MR) is 90.1 cm³/mol. The highest BCUT2D eigenvalue weighted by atomic mass is 16.5. The minimum Gasteiger partial charge on any atom is -0.378 e. The van der Waals surface area contributed by atoms with Crippen molar-refractivity contribution < 1.29 is 14.3 Å². The molecular formula is C18H32N2O3. The summed E-state index contributed by atoms with van der Waals surface area (Å²) in [7, 11) is 0. The Hall–Kier alpha value is -1.10. The summed E-state index contributed by atoms with van der Waals surface area (Å²) >= 11 is 0. The van der Waals surface area contributed by atoms with Crippen LogP contribution in [0.2, 0.25) is 0 Å². The van der Waals surface area contributed by atoms with Crippen LogP contribution in [0.15, 0.2) is 0 Å². The molecule has 2 saturated heterocycles. The van der Waals surface area contributed by atoms with Crippen LogP contribution in [-0.4, -0.2) is 48.1 Å². The Bertz CT molecular complexity index is 394. The smallest absolute Gasteiger partial charge is 0.243 e. The molecular weight excluding hydrogens is 292 g/mol. The average Bonchev–Trinajstić information content (AvgIpc) is 3.06. The van der Waals surface area contributed by atoms with Gasteiger partial charge in [0.15, 0.2) is 0 Å². The third kappa shape index (κ3) is 5.48. The zero-order valence-electron chi connectivity index (χ0n) is 14.7. The van der Waals surface area contributed by atoms with Gasteiger partial charge in [0.2, 0.25) is 11.8 Å². The van der Waals surface area contributed by atoms with E-state index in [1.807, 2.05) is 13.8 Å². The van der Waals surface area contributed by atoms with Crippen LogP contribution in [0.3, 0.4) is 0 Å². The summed E-state index contributed by atoms with van der Waals surface area (Å²) in [5.74, 6) is 0.147. The van der Waals surface area contributed by atoms with Crippen LogP contribution >= 0.6 is 0 Å². The fourth-order valence-corrected chi connectivity index (χ4v) is 3.58. The molecule has 0 bridgehead atoms. The van der Waals surface area contributed by atoms with E-state index in [4.69, 9.17) is 4.74 Å². The monoisotopic (exact) mass is 324 g/mol. The molecule has 132 valence electrons. The molecule has 0 radical (unpaired) electrons. The lowest BCUT2D eigenvalue weighted by Gasteiger charge is -2.35. The molecule has 2 aliphatic rings. The molecule has 0 aromatic rings. The first-order chi connectivity index (χ1) is 11.1. The number of carbonyl (C=O) groups is 2. The van der Waals surface area contributed by atoms with Gasteiger partial charge < -0.3 is 15.0 Å². The summed E-state index contributed by atoms with van der Waals surface area (Å²) in [6, 6.07) is -0.135. The number of likely N-dealkylation sites (tertiary alicyclic amines) is 1. The quantitative estimate of drug-likeness (QED) is 0.783. The van der Waals surface area contributed by atoms with Crippen LogP contribution in [-0.2, 0) is 14.3 Å². The van der Waals surface area contributed by atoms with Crippen molar-refractivity contribution >= 4 is 11.8 Å². The van der Waals surface area contributed by atoms with Crippen molar-refractivity contribution in [3.63, 3.8) is 0 Å². The molecule has 5 nitrogen and oxygen atoms in total. The second-order valence-corrected chi connectivity index (χ2v) is 6.97. The summed E-state index contributed by atoms with van der Waals surface area (Å²) in [4.78, 5) is 26.6. The standard InChI is InChI=1S/C18H32N2O3/c1-3-7-17(21)20-12-5-4-9-16(20)18(22)19-14(2)10-11-15-8-6-13-23-15/h14-16H,3-13H2,1-2H3,(H,19,22)/t14-,15-,16+/m0/s1. The van der Waals surface area contributed by atoms with Crippen LogP contribution in [0.4, 0.5) is 0 Å². The first-order valence-electron chi connectivity index (χ1n) is 9.33. The fraction of sp³-hybridized carbons (Fsp3) is 0.889. The van der Waals surface area contributed by atoms with Crippen LogP contribution in [0, 0.1) is 0 Å². The zero-order chi connectivity index (χ0) is 16.7. The van der Waals surface area contributed by atoms with Gasteiger partial charge in [0.25, 0.3) is 0 Å². The van der Waals surface area contributed by atoms with E-state index in [0.717, 1.165) is 64.5 Å². The highest BCUT2D eigenvalue weighted by molar-refractivity contribution is 5.88. The molecule has 0 aromatic carbocycles. The Balaban J connectivity index is 1.80. The first-order valence-corrected chi connectivity index (χ1v) is 9.33. The molecule has 0 aliphatic carbocycles. The molecule has 2 rings (SSSR count). The van der Waals surface area contributed by atoms with Crippen LogP contribution in [0.5, 0.6) is 0 Å². The largest absolute Gasteiger partial charge is 0.378 e. The number of nitrogens with zero attached hydrogens (tertiary/aromatic N) is 1. The molecule has 5 heteroatoms. The Labute approximate surface area is 140 Å². The molecule has 2 aliphatic heterocycles. The van der Waals surface area contributed by atoms with Crippen molar-refractivity contribution in [1.29, 1.82) is 0 Å². The van der Waals surface area contributed by atoms with Gasteiger partial charge in [-0.25, -0.2) is 0 Å². The molecule has 2 amide bonds. The van der Waals surface area contributed by atoms with Crippen molar-refractivity contribution in [1.82, 2.24) is 10.2 Å². The van der Waals surface area contributed by atoms with Crippen molar-refractivity contribution in [3.05, 3.63) is 0 Å². The molecule has 23 heavy (non-hydrogen) atoms. The highest BCUT2D eigenvalue weighted by Gasteiger charge is 2.32. The summed E-state index contributed by atoms with van der Waals surface area (Å²) in [5, 5.41) is 3.11. The Kier molecular flexibility index (Phi) is 7.34. The van der Waals surface area contributed by atoms with E-state index in [1.54, 1.807) is 4.90 Å². The Morgan fingerprint density at radius 3 is 2.78 bits per heavy atom. The predicted octanol–water partition coefficient (Wildman–Crippen LogP) is 2.63. The second-order valence-electron chi connectivity index (χ2n) is 6.97. The number of amides is 2. The van der Waals surface area contributed by atoms with E-state index >= 15 is 0 Å². The molecule has 0 unspecified atom stereocenters. The fourth-order valence-electron chi connectivity index (χ4n) is 3.58. The van der Waals surface area contributed by atoms with E-state index in [-0.39, 0.29) is 23.9 Å². The average molecular weight is 324 g/mol. The van der Waals surface area contributed by atoms with Gasteiger partial charge in [0.05, 0.1) is 6.10 Å². The van der Waals surface area contributed by atoms with Crippen molar-refractivity contribution in [2.45, 2.75) is 89.8 Å². The lowest BCUT2D eigenvalue weighted by atomic mass is 9.99. The summed E-state index contributed by atoms with van der Waals surface area (Å²) in [6.07, 6.45) is 8.80. The molecule has 0 aromatic heterocycles. The minimum atomic E-state index is -0.270. The highest BCUT2D eigenvalue weighted by Crippen LogP contribution is 2.20. The first kappa shape index (κ1) is 18.2. The van der Waals surface area contributed by atoms with Crippen LogP contribution in [0.1, 0.15) is 71.6 Å². The lowest BCUT2D eigenvalue weighted by molar-refractivity contribution is -0.142. The molecule has 0 saturated carbocycles. The molecule has 2 fully saturated rings. The lowest BCUT2D eigenvalue weighted by Crippen LogP contribution is -2.53. The van der Waals surface area contributed by atoms with Gasteiger partial charge in [-0.3, -0.25) is 9.59 Å². The topological polar surface area (TPSA) is 58.6 Å². The van der Waals surface area contributed by atoms with Gasteiger partial charge in [0, 0.05) is 25.6 Å². The molecule has 2 heterocycles. The normalized spacial score (nSPS) is 26.1. The third-order valence-corrected chi connectivity index (χ3v) is 4.92. The van der Waals surface area contributed by atoms with Crippen LogP contribution in [0.25, 0.3) is 0 Å². The molecule has 3 atom stereocenters. The van der Waals surface area contributed by atoms with Crippen molar-refractivity contribution in [3.8, 4) is 0 Å². The van der Waals surface area contributed by atoms with Gasteiger partial charge in [-0.15, -0.1) is 0 Å². The summed E-state index contributed by atoms with van der Waals surface area (Å²) in [6.45, 7) is 5.65. The number of carbonyl (C=O) groups excluding carboxylic acids is 2. The number of rotatable bonds is 7. The van der Waals surface area contributed by atoms with Gasteiger partial charge in [-0.1, -0.05) is 6.92 Å². The maximum absolute atomic E-state index is 12.6. The third-order valence-electron chi connectivity index (χ3n) is 4.92. The van der Waals surface area contributed by atoms with Gasteiger partial charge in [-0.05, 0) is 58.3 Å². The molecule has 0 spiro atoms. The van der Waals surface area contributed by atoms with E-state index in [9.17, 15) is 9.59 Å². The number of hydrogen-bond donors (Lipinski definition) is 1. The van der Waals surface area contributed by atoms with Gasteiger partial charge in [0.1, 0.15) is 6.04 Å². The summed E-state index contributed by atoms with van der Waals surface area (Å²) < 4.78 is 5.63. The SMILES string of the molecule is CCCC(=O)N1CCCC[C@@H]1C(=O)N[C@@H](C)CC[C@@H]1CCCO1. The van der Waals surface area contributed by atoms with E-state index in [1.165, 1.54) is 0 Å². The van der Waals surface area contributed by atoms with E-state index in [2.05, 4.69) is 5.32 Å². The van der Waals surface area contributed by atoms with Gasteiger partial charge in [-0.2, -0.15) is 0 Å². The second kappa shape index (κ2) is 9.26. The van der Waals surface area contributed by atoms with E-state index in [0.29, 0.717) is 12.5 Å².